The van der Waals surface area contributed by atoms with E-state index in [1.807, 2.05) is 4.72 Å². The highest BCUT2D eigenvalue weighted by Crippen LogP contribution is 2.26. The van der Waals surface area contributed by atoms with Crippen LogP contribution in [0.25, 0.3) is 0 Å². The summed E-state index contributed by atoms with van der Waals surface area (Å²) in [5.41, 5.74) is 0. The molecule has 6 heteroatoms. The minimum atomic E-state index is -2.97. The van der Waals surface area contributed by atoms with Crippen LogP contribution in [0.4, 0.5) is 4.79 Å². The molecule has 0 aromatic rings. The van der Waals surface area contributed by atoms with E-state index in [2.05, 4.69) is 4.74 Å². The van der Waals surface area contributed by atoms with Crippen LogP contribution in [0.5, 0.6) is 0 Å². The predicted molar refractivity (Wildman–Crippen MR) is 38.9 cm³/mol. The van der Waals surface area contributed by atoms with Crippen LogP contribution < -0.4 is 4.72 Å². The first kappa shape index (κ1) is 9.54. The second kappa shape index (κ2) is 3.65. The largest absolute Gasteiger partial charge is 0.449 e. The van der Waals surface area contributed by atoms with Crippen LogP contribution in [0.2, 0.25) is 0 Å². The lowest BCUT2D eigenvalue weighted by Crippen LogP contribution is -2.26. The first-order chi connectivity index (χ1) is 4.45. The maximum Gasteiger partial charge on any atom is 0.425 e. The highest BCUT2D eigenvalue weighted by molar-refractivity contribution is 8.22. The summed E-state index contributed by atoms with van der Waals surface area (Å²) < 4.78 is 23.5. The summed E-state index contributed by atoms with van der Waals surface area (Å²) in [5, 5.41) is 0. The van der Waals surface area contributed by atoms with Gasteiger partial charge in [-0.3, -0.25) is 9.11 Å². The third-order valence-electron chi connectivity index (χ3n) is 0.552. The van der Waals surface area contributed by atoms with E-state index in [0.717, 1.165) is 6.26 Å². The standard InChI is InChI=1S/C4H11NO4S/c1-3-9-4(6)5-10(2,7)8/h7-8H,3H2,1-2H3,(H,5,6). The van der Waals surface area contributed by atoms with Crippen molar-refractivity contribution in [2.24, 2.45) is 0 Å². The second-order valence-corrected chi connectivity index (χ2v) is 3.53. The monoisotopic (exact) mass is 169 g/mol. The Kier molecular flexibility index (Phi) is 3.48. The molecule has 10 heavy (non-hydrogen) atoms. The Morgan fingerprint density at radius 3 is 2.50 bits per heavy atom. The van der Waals surface area contributed by atoms with Gasteiger partial charge in [0.15, 0.2) is 0 Å². The lowest BCUT2D eigenvalue weighted by atomic mass is 10.9. The van der Waals surface area contributed by atoms with E-state index < -0.39 is 16.9 Å². The number of ether oxygens (including phenoxy) is 1. The second-order valence-electron chi connectivity index (χ2n) is 1.66. The average Bonchev–Trinajstić information content (AvgIpc) is 1.59. The van der Waals surface area contributed by atoms with Crippen LogP contribution in [-0.2, 0) is 4.74 Å². The molecule has 0 aromatic heterocycles. The molecule has 62 valence electrons. The van der Waals surface area contributed by atoms with Crippen molar-refractivity contribution in [3.63, 3.8) is 0 Å². The highest BCUT2D eigenvalue weighted by Gasteiger charge is 2.08. The Morgan fingerprint density at radius 2 is 2.20 bits per heavy atom. The highest BCUT2D eigenvalue weighted by atomic mass is 32.3. The molecule has 0 aliphatic heterocycles. The Balaban J connectivity index is 3.58. The van der Waals surface area contributed by atoms with Crippen molar-refractivity contribution < 1.29 is 18.6 Å². The molecule has 0 atom stereocenters. The van der Waals surface area contributed by atoms with Gasteiger partial charge in [0.25, 0.3) is 0 Å². The predicted octanol–water partition coefficient (Wildman–Crippen LogP) is 1.03. The summed E-state index contributed by atoms with van der Waals surface area (Å²) in [7, 11) is -2.97. The van der Waals surface area contributed by atoms with Gasteiger partial charge in [-0.2, -0.15) is 0 Å². The Bertz CT molecular complexity index is 121. The number of carbonyl (C=O) groups excluding carboxylic acids is 1. The fraction of sp³-hybridized carbons (Fsp3) is 0.750. The van der Waals surface area contributed by atoms with Crippen LogP contribution in [0.3, 0.4) is 0 Å². The maximum absolute atomic E-state index is 10.4. The summed E-state index contributed by atoms with van der Waals surface area (Å²) in [4.78, 5) is 10.4. The number of hydrogen-bond acceptors (Lipinski definition) is 4. The Labute approximate surface area is 60.9 Å². The zero-order chi connectivity index (χ0) is 8.20. The van der Waals surface area contributed by atoms with Crippen LogP contribution >= 0.6 is 10.8 Å². The topological polar surface area (TPSA) is 78.8 Å². The third-order valence-corrected chi connectivity index (χ3v) is 1.11. The van der Waals surface area contributed by atoms with Crippen molar-refractivity contribution in [2.45, 2.75) is 6.92 Å². The van der Waals surface area contributed by atoms with Crippen molar-refractivity contribution in [3.05, 3.63) is 0 Å². The van der Waals surface area contributed by atoms with Crippen molar-refractivity contribution in [2.75, 3.05) is 12.9 Å². The average molecular weight is 169 g/mol. The molecular formula is C4H11NO4S. The number of carbonyl (C=O) groups is 1. The molecule has 0 saturated carbocycles. The SMILES string of the molecule is CCOC(=O)NS(C)(O)O. The zero-order valence-corrected chi connectivity index (χ0v) is 6.64. The molecule has 0 spiro atoms. The van der Waals surface area contributed by atoms with Gasteiger partial charge >= 0.3 is 6.09 Å². The van der Waals surface area contributed by atoms with Crippen LogP contribution in [0, 0.1) is 0 Å². The molecular weight excluding hydrogens is 158 g/mol. The van der Waals surface area contributed by atoms with Gasteiger partial charge in [0, 0.05) is 6.26 Å². The van der Waals surface area contributed by atoms with E-state index in [1.54, 1.807) is 6.92 Å². The van der Waals surface area contributed by atoms with Crippen molar-refractivity contribution in [3.8, 4) is 0 Å². The van der Waals surface area contributed by atoms with E-state index in [-0.39, 0.29) is 6.61 Å². The summed E-state index contributed by atoms with van der Waals surface area (Å²) >= 11 is 0. The summed E-state index contributed by atoms with van der Waals surface area (Å²) in [6, 6.07) is 0. The van der Waals surface area contributed by atoms with Crippen molar-refractivity contribution in [1.29, 1.82) is 0 Å². The molecule has 3 N–H and O–H groups in total. The van der Waals surface area contributed by atoms with E-state index in [1.165, 1.54) is 0 Å². The minimum Gasteiger partial charge on any atom is -0.449 e. The number of amides is 1. The fourth-order valence-electron chi connectivity index (χ4n) is 0.318. The molecule has 0 saturated heterocycles. The fourth-order valence-corrected chi connectivity index (χ4v) is 0.693. The van der Waals surface area contributed by atoms with Gasteiger partial charge in [-0.1, -0.05) is 0 Å². The van der Waals surface area contributed by atoms with Gasteiger partial charge in [-0.15, -0.1) is 10.8 Å². The lowest BCUT2D eigenvalue weighted by molar-refractivity contribution is 0.158. The van der Waals surface area contributed by atoms with E-state index in [9.17, 15) is 4.79 Å². The number of nitrogens with one attached hydrogen (secondary N) is 1. The maximum atomic E-state index is 10.4. The Morgan fingerprint density at radius 1 is 1.70 bits per heavy atom. The lowest BCUT2D eigenvalue weighted by Gasteiger charge is -2.26. The molecule has 0 rings (SSSR count). The quantitative estimate of drug-likeness (QED) is 0.576. The molecule has 0 unspecified atom stereocenters. The van der Waals surface area contributed by atoms with Crippen molar-refractivity contribution >= 4 is 16.9 Å². The van der Waals surface area contributed by atoms with E-state index in [0.29, 0.717) is 0 Å². The van der Waals surface area contributed by atoms with Crippen molar-refractivity contribution in [1.82, 2.24) is 4.72 Å². The minimum absolute atomic E-state index is 0.210. The number of rotatable bonds is 2. The first-order valence-corrected chi connectivity index (χ1v) is 4.59. The van der Waals surface area contributed by atoms with Crippen LogP contribution in [0.15, 0.2) is 0 Å². The van der Waals surface area contributed by atoms with Gasteiger partial charge in [-0.05, 0) is 6.92 Å². The van der Waals surface area contributed by atoms with Gasteiger partial charge in [-0.25, -0.2) is 9.52 Å². The smallest absolute Gasteiger partial charge is 0.425 e. The summed E-state index contributed by atoms with van der Waals surface area (Å²) in [5.74, 6) is 0. The van der Waals surface area contributed by atoms with Crippen LogP contribution in [0.1, 0.15) is 6.92 Å². The molecule has 0 radical (unpaired) electrons. The molecule has 0 aliphatic rings. The molecule has 0 bridgehead atoms. The van der Waals surface area contributed by atoms with Gasteiger partial charge in [0.2, 0.25) is 0 Å². The molecule has 0 aromatic carbocycles. The molecule has 0 fully saturated rings. The van der Waals surface area contributed by atoms with Gasteiger partial charge in [0.1, 0.15) is 0 Å². The summed E-state index contributed by atoms with van der Waals surface area (Å²) in [6.45, 7) is 1.84. The molecule has 0 heterocycles. The number of hydrogen-bond donors (Lipinski definition) is 3. The first-order valence-electron chi connectivity index (χ1n) is 2.63. The van der Waals surface area contributed by atoms with E-state index in [4.69, 9.17) is 9.11 Å². The van der Waals surface area contributed by atoms with Gasteiger partial charge in [0.05, 0.1) is 6.61 Å². The molecule has 0 aliphatic carbocycles. The van der Waals surface area contributed by atoms with Gasteiger partial charge < -0.3 is 4.74 Å². The molecule has 5 nitrogen and oxygen atoms in total. The zero-order valence-electron chi connectivity index (χ0n) is 5.83. The summed E-state index contributed by atoms with van der Waals surface area (Å²) in [6.07, 6.45) is 0.286. The normalized spacial score (nSPS) is 12.4. The van der Waals surface area contributed by atoms with Crippen LogP contribution in [-0.4, -0.2) is 28.1 Å². The third kappa shape index (κ3) is 5.67. The molecule has 1 amide bonds. The Hall–Kier alpha value is -0.460. The van der Waals surface area contributed by atoms with E-state index >= 15 is 0 Å².